The van der Waals surface area contributed by atoms with Gasteiger partial charge in [0.15, 0.2) is 11.5 Å². The molecule has 0 unspecified atom stereocenters. The molecule has 0 aromatic heterocycles. The van der Waals surface area contributed by atoms with Crippen LogP contribution in [-0.2, 0) is 44.3 Å². The highest BCUT2D eigenvalue weighted by Gasteiger charge is 2.62. The third-order valence-corrected chi connectivity index (χ3v) is 7.15. The predicted octanol–water partition coefficient (Wildman–Crippen LogP) is 6.54. The van der Waals surface area contributed by atoms with Crippen molar-refractivity contribution in [1.82, 2.24) is 5.32 Å². The van der Waals surface area contributed by atoms with Gasteiger partial charge in [-0.1, -0.05) is 97.1 Å². The van der Waals surface area contributed by atoms with Crippen LogP contribution in [0.25, 0.3) is 0 Å². The van der Waals surface area contributed by atoms with Crippen molar-refractivity contribution in [3.8, 4) is 11.5 Å². The van der Waals surface area contributed by atoms with Gasteiger partial charge in [0.05, 0.1) is 13.5 Å². The van der Waals surface area contributed by atoms with Crippen molar-refractivity contribution < 1.29 is 41.7 Å². The number of hydrogen-bond acceptors (Lipinski definition) is 6. The van der Waals surface area contributed by atoms with Gasteiger partial charge in [0.1, 0.15) is 13.2 Å². The molecule has 0 fully saturated rings. The molecule has 0 saturated heterocycles. The number of methoxy groups -OCH3 is 2. The molecule has 10 heteroatoms. The molecule has 7 nitrogen and oxygen atoms in total. The summed E-state index contributed by atoms with van der Waals surface area (Å²) in [6.45, 7) is 0.506. The molecule has 1 amide bonds. The number of benzene rings is 4. The fourth-order valence-corrected chi connectivity index (χ4v) is 4.84. The lowest BCUT2D eigenvalue weighted by molar-refractivity contribution is -0.266. The fraction of sp³-hybridized carbons (Fsp3) is 0.257. The topological polar surface area (TPSA) is 83.1 Å². The van der Waals surface area contributed by atoms with Gasteiger partial charge in [0.25, 0.3) is 11.5 Å². The Hall–Kier alpha value is -4.83. The zero-order valence-electron chi connectivity index (χ0n) is 24.9. The normalized spacial score (nSPS) is 13.3. The number of esters is 1. The zero-order chi connectivity index (χ0) is 32.3. The molecule has 4 aromatic rings. The van der Waals surface area contributed by atoms with E-state index in [1.165, 1.54) is 18.2 Å². The number of nitrogens with one attached hydrogen (secondary N) is 1. The third kappa shape index (κ3) is 8.42. The highest BCUT2D eigenvalue weighted by Crippen LogP contribution is 2.42. The maximum Gasteiger partial charge on any atom is 0.430 e. The van der Waals surface area contributed by atoms with Crippen molar-refractivity contribution in [1.29, 1.82) is 0 Å². The van der Waals surface area contributed by atoms with Crippen LogP contribution in [0.1, 0.15) is 28.7 Å². The van der Waals surface area contributed by atoms with Crippen LogP contribution < -0.4 is 14.8 Å². The van der Waals surface area contributed by atoms with Crippen LogP contribution >= 0.6 is 0 Å². The maximum absolute atomic E-state index is 14.5. The Labute approximate surface area is 259 Å². The van der Waals surface area contributed by atoms with E-state index in [0.717, 1.165) is 37.5 Å². The molecule has 1 N–H and O–H groups in total. The minimum atomic E-state index is -5.11. The van der Waals surface area contributed by atoms with E-state index in [4.69, 9.17) is 18.9 Å². The number of carbonyl (C=O) groups is 2. The van der Waals surface area contributed by atoms with Gasteiger partial charge in [-0.3, -0.25) is 9.59 Å². The molecule has 4 aromatic carbocycles. The summed E-state index contributed by atoms with van der Waals surface area (Å²) < 4.78 is 65.4. The lowest BCUT2D eigenvalue weighted by Crippen LogP contribution is -2.58. The summed E-state index contributed by atoms with van der Waals surface area (Å²) in [5, 5.41) is 2.41. The van der Waals surface area contributed by atoms with Gasteiger partial charge in [0.2, 0.25) is 0 Å². The van der Waals surface area contributed by atoms with Gasteiger partial charge in [-0.05, 0) is 35.2 Å². The van der Waals surface area contributed by atoms with Crippen LogP contribution in [-0.4, -0.2) is 38.3 Å². The molecule has 0 aliphatic rings. The first kappa shape index (κ1) is 33.1. The van der Waals surface area contributed by atoms with E-state index in [2.05, 4.69) is 5.32 Å². The SMILES string of the molecule is COC(=O)C[C@H](Cc1ccc(OCc2ccccc2)c(OCc2ccccc2)c1)NC(=O)[C@](OC)(c1ccccc1)C(F)(F)F. The molecule has 0 radical (unpaired) electrons. The highest BCUT2D eigenvalue weighted by atomic mass is 19.4. The van der Waals surface area contributed by atoms with Crippen molar-refractivity contribution in [2.45, 2.75) is 43.9 Å². The van der Waals surface area contributed by atoms with Crippen molar-refractivity contribution in [2.24, 2.45) is 0 Å². The number of ether oxygens (including phenoxy) is 4. The molecule has 0 saturated carbocycles. The van der Waals surface area contributed by atoms with Crippen molar-refractivity contribution in [2.75, 3.05) is 14.2 Å². The van der Waals surface area contributed by atoms with E-state index in [1.54, 1.807) is 18.2 Å². The van der Waals surface area contributed by atoms with Crippen LogP contribution in [0.15, 0.2) is 109 Å². The number of carbonyl (C=O) groups excluding carboxylic acids is 2. The minimum Gasteiger partial charge on any atom is -0.485 e. The lowest BCUT2D eigenvalue weighted by atomic mass is 9.90. The third-order valence-electron chi connectivity index (χ3n) is 7.15. The molecule has 0 bridgehead atoms. The van der Waals surface area contributed by atoms with Crippen LogP contribution in [0.2, 0.25) is 0 Å². The molecule has 236 valence electrons. The summed E-state index contributed by atoms with van der Waals surface area (Å²) in [6, 6.07) is 29.7. The summed E-state index contributed by atoms with van der Waals surface area (Å²) >= 11 is 0. The van der Waals surface area contributed by atoms with Gasteiger partial charge >= 0.3 is 12.1 Å². The molecule has 4 rings (SSSR count). The number of amides is 1. The van der Waals surface area contributed by atoms with E-state index in [1.807, 2.05) is 60.7 Å². The summed E-state index contributed by atoms with van der Waals surface area (Å²) in [4.78, 5) is 25.8. The van der Waals surface area contributed by atoms with Crippen molar-refractivity contribution in [3.63, 3.8) is 0 Å². The average Bonchev–Trinajstić information content (AvgIpc) is 3.04. The maximum atomic E-state index is 14.5. The Bertz CT molecular complexity index is 1530. The Morgan fingerprint density at radius 1 is 0.711 bits per heavy atom. The van der Waals surface area contributed by atoms with Crippen LogP contribution in [0.5, 0.6) is 11.5 Å². The van der Waals surface area contributed by atoms with E-state index < -0.39 is 35.3 Å². The first-order valence-electron chi connectivity index (χ1n) is 14.2. The van der Waals surface area contributed by atoms with Crippen LogP contribution in [0.3, 0.4) is 0 Å². The van der Waals surface area contributed by atoms with E-state index in [-0.39, 0.29) is 26.1 Å². The van der Waals surface area contributed by atoms with Crippen LogP contribution in [0.4, 0.5) is 13.2 Å². The number of rotatable bonds is 14. The predicted molar refractivity (Wildman–Crippen MR) is 161 cm³/mol. The molecule has 0 heterocycles. The standard InChI is InChI=1S/C35H34F3NO6/c1-42-32(40)22-29(39-33(41)34(43-2,35(36,37)38)28-16-10-5-11-17-28)20-27-18-19-30(44-23-25-12-6-3-7-13-25)31(21-27)45-24-26-14-8-4-9-15-26/h3-19,21,29H,20,22-24H2,1-2H3,(H,39,41)/t29-,34+/m0/s1. The second-order valence-electron chi connectivity index (χ2n) is 10.2. The second-order valence-corrected chi connectivity index (χ2v) is 10.2. The van der Waals surface area contributed by atoms with Gasteiger partial charge in [-0.2, -0.15) is 13.2 Å². The van der Waals surface area contributed by atoms with Crippen LogP contribution in [0, 0.1) is 0 Å². The summed E-state index contributed by atoms with van der Waals surface area (Å²) in [7, 11) is 1.98. The second kappa shape index (κ2) is 15.3. The van der Waals surface area contributed by atoms with E-state index in [9.17, 15) is 22.8 Å². The fourth-order valence-electron chi connectivity index (χ4n) is 4.84. The van der Waals surface area contributed by atoms with Gasteiger partial charge in [-0.15, -0.1) is 0 Å². The first-order valence-corrected chi connectivity index (χ1v) is 14.2. The molecule has 0 aliphatic carbocycles. The average molecular weight is 622 g/mol. The molecular formula is C35H34F3NO6. The quantitative estimate of drug-likeness (QED) is 0.161. The largest absolute Gasteiger partial charge is 0.485 e. The Morgan fingerprint density at radius 3 is 1.76 bits per heavy atom. The molecule has 0 spiro atoms. The smallest absolute Gasteiger partial charge is 0.430 e. The number of hydrogen-bond donors (Lipinski definition) is 1. The highest BCUT2D eigenvalue weighted by molar-refractivity contribution is 5.88. The lowest BCUT2D eigenvalue weighted by Gasteiger charge is -2.34. The van der Waals surface area contributed by atoms with E-state index in [0.29, 0.717) is 17.1 Å². The van der Waals surface area contributed by atoms with Gasteiger partial charge < -0.3 is 24.3 Å². The Kier molecular flexibility index (Phi) is 11.2. The monoisotopic (exact) mass is 621 g/mol. The van der Waals surface area contributed by atoms with Crippen molar-refractivity contribution >= 4 is 11.9 Å². The molecule has 2 atom stereocenters. The summed E-state index contributed by atoms with van der Waals surface area (Å²) in [5.41, 5.74) is -1.26. The summed E-state index contributed by atoms with van der Waals surface area (Å²) in [5.74, 6) is -1.33. The molecule has 0 aliphatic heterocycles. The molecule has 45 heavy (non-hydrogen) atoms. The zero-order valence-corrected chi connectivity index (χ0v) is 24.9. The van der Waals surface area contributed by atoms with Crippen molar-refractivity contribution in [3.05, 3.63) is 131 Å². The number of alkyl halides is 3. The number of halogens is 3. The summed E-state index contributed by atoms with van der Waals surface area (Å²) in [6.07, 6.45) is -5.52. The van der Waals surface area contributed by atoms with E-state index >= 15 is 0 Å². The first-order chi connectivity index (χ1) is 21.7. The Morgan fingerprint density at radius 2 is 1.24 bits per heavy atom. The Balaban J connectivity index is 1.62. The minimum absolute atomic E-state index is 0.0199. The van der Waals surface area contributed by atoms with Gasteiger partial charge in [0, 0.05) is 18.7 Å². The van der Waals surface area contributed by atoms with Gasteiger partial charge in [-0.25, -0.2) is 0 Å². The molecular weight excluding hydrogens is 587 g/mol.